The van der Waals surface area contributed by atoms with Gasteiger partial charge in [-0.15, -0.1) is 0 Å². The predicted molar refractivity (Wildman–Crippen MR) is 80.0 cm³/mol. The van der Waals surface area contributed by atoms with Gasteiger partial charge in [-0.05, 0) is 24.8 Å². The fourth-order valence-electron chi connectivity index (χ4n) is 2.48. The van der Waals surface area contributed by atoms with Crippen LogP contribution >= 0.6 is 0 Å². The van der Waals surface area contributed by atoms with Crippen LogP contribution < -0.4 is 11.3 Å². The summed E-state index contributed by atoms with van der Waals surface area (Å²) in [5, 5.41) is 0. The zero-order valence-corrected chi connectivity index (χ0v) is 13.0. The SMILES string of the molecule is CCC(CC)N(Cc1cc(C(=O)NN)co1)CC(C)C. The summed E-state index contributed by atoms with van der Waals surface area (Å²) in [5.41, 5.74) is 2.58. The van der Waals surface area contributed by atoms with E-state index in [1.807, 2.05) is 0 Å². The van der Waals surface area contributed by atoms with Crippen molar-refractivity contribution in [3.63, 3.8) is 0 Å². The minimum atomic E-state index is -0.321. The van der Waals surface area contributed by atoms with Crippen LogP contribution in [0.15, 0.2) is 16.7 Å². The molecule has 1 rings (SSSR count). The van der Waals surface area contributed by atoms with Gasteiger partial charge in [0.1, 0.15) is 12.0 Å². The second kappa shape index (κ2) is 8.07. The fourth-order valence-corrected chi connectivity index (χ4v) is 2.48. The molecular weight excluding hydrogens is 254 g/mol. The third kappa shape index (κ3) is 4.65. The Morgan fingerprint density at radius 1 is 1.40 bits per heavy atom. The number of nitrogens with two attached hydrogens (primary N) is 1. The lowest BCUT2D eigenvalue weighted by atomic mass is 10.1. The average molecular weight is 281 g/mol. The smallest absolute Gasteiger partial charge is 0.268 e. The van der Waals surface area contributed by atoms with Crippen molar-refractivity contribution in [2.45, 2.75) is 53.1 Å². The van der Waals surface area contributed by atoms with E-state index in [1.165, 1.54) is 6.26 Å². The molecule has 0 aliphatic heterocycles. The van der Waals surface area contributed by atoms with Gasteiger partial charge in [0.05, 0.1) is 12.1 Å². The highest BCUT2D eigenvalue weighted by atomic mass is 16.3. The molecule has 5 heteroatoms. The van der Waals surface area contributed by atoms with Gasteiger partial charge in [-0.1, -0.05) is 27.7 Å². The first-order valence-corrected chi connectivity index (χ1v) is 7.34. The first-order valence-electron chi connectivity index (χ1n) is 7.34. The Morgan fingerprint density at radius 3 is 2.55 bits per heavy atom. The Morgan fingerprint density at radius 2 is 2.05 bits per heavy atom. The highest BCUT2D eigenvalue weighted by molar-refractivity contribution is 5.93. The molecule has 1 aromatic heterocycles. The number of nitrogens with one attached hydrogen (secondary N) is 1. The molecule has 1 heterocycles. The Bertz CT molecular complexity index is 411. The van der Waals surface area contributed by atoms with Crippen molar-refractivity contribution in [1.82, 2.24) is 10.3 Å². The van der Waals surface area contributed by atoms with Crippen LogP contribution in [0.4, 0.5) is 0 Å². The molecule has 0 bridgehead atoms. The van der Waals surface area contributed by atoms with Crippen molar-refractivity contribution in [1.29, 1.82) is 0 Å². The molecule has 3 N–H and O–H groups in total. The summed E-state index contributed by atoms with van der Waals surface area (Å²) in [4.78, 5) is 13.9. The molecule has 0 unspecified atom stereocenters. The van der Waals surface area contributed by atoms with Gasteiger partial charge < -0.3 is 4.42 Å². The van der Waals surface area contributed by atoms with Gasteiger partial charge in [-0.3, -0.25) is 15.1 Å². The van der Waals surface area contributed by atoms with Crippen molar-refractivity contribution < 1.29 is 9.21 Å². The lowest BCUT2D eigenvalue weighted by molar-refractivity contribution is 0.0953. The first-order chi connectivity index (χ1) is 9.51. The summed E-state index contributed by atoms with van der Waals surface area (Å²) in [6.45, 7) is 10.6. The minimum absolute atomic E-state index is 0.321. The van der Waals surface area contributed by atoms with Gasteiger partial charge in [0.15, 0.2) is 0 Å². The van der Waals surface area contributed by atoms with Crippen molar-refractivity contribution in [2.75, 3.05) is 6.54 Å². The zero-order valence-electron chi connectivity index (χ0n) is 13.0. The van der Waals surface area contributed by atoms with E-state index in [0.717, 1.165) is 31.7 Å². The second-order valence-electron chi connectivity index (χ2n) is 5.57. The van der Waals surface area contributed by atoms with Crippen LogP contribution in [-0.2, 0) is 6.54 Å². The summed E-state index contributed by atoms with van der Waals surface area (Å²) < 4.78 is 5.48. The third-order valence-electron chi connectivity index (χ3n) is 3.46. The molecule has 0 aliphatic carbocycles. The van der Waals surface area contributed by atoms with Crippen LogP contribution in [0.3, 0.4) is 0 Å². The van der Waals surface area contributed by atoms with Gasteiger partial charge in [0.2, 0.25) is 0 Å². The van der Waals surface area contributed by atoms with E-state index in [1.54, 1.807) is 6.07 Å². The maximum Gasteiger partial charge on any atom is 0.268 e. The maximum atomic E-state index is 11.4. The molecule has 0 saturated heterocycles. The van der Waals surface area contributed by atoms with E-state index in [-0.39, 0.29) is 5.91 Å². The van der Waals surface area contributed by atoms with E-state index in [0.29, 0.717) is 17.5 Å². The molecule has 0 saturated carbocycles. The van der Waals surface area contributed by atoms with E-state index in [2.05, 4.69) is 38.0 Å². The molecule has 0 fully saturated rings. The van der Waals surface area contributed by atoms with Gasteiger partial charge in [-0.2, -0.15) is 0 Å². The Balaban J connectivity index is 2.78. The maximum absolute atomic E-state index is 11.4. The Kier molecular flexibility index (Phi) is 6.75. The molecule has 0 spiro atoms. The number of carbonyl (C=O) groups is 1. The van der Waals surface area contributed by atoms with E-state index < -0.39 is 0 Å². The fraction of sp³-hybridized carbons (Fsp3) is 0.667. The van der Waals surface area contributed by atoms with Crippen LogP contribution in [0.1, 0.15) is 56.7 Å². The van der Waals surface area contributed by atoms with Crippen molar-refractivity contribution in [3.05, 3.63) is 23.7 Å². The molecule has 5 nitrogen and oxygen atoms in total. The van der Waals surface area contributed by atoms with Crippen LogP contribution in [0.25, 0.3) is 0 Å². The summed E-state index contributed by atoms with van der Waals surface area (Å²) in [6.07, 6.45) is 3.68. The molecule has 1 amide bonds. The van der Waals surface area contributed by atoms with E-state index in [4.69, 9.17) is 10.3 Å². The van der Waals surface area contributed by atoms with Gasteiger partial charge in [-0.25, -0.2) is 5.84 Å². The summed E-state index contributed by atoms with van der Waals surface area (Å²) in [6, 6.07) is 2.30. The molecule has 1 aromatic rings. The molecule has 114 valence electrons. The first kappa shape index (κ1) is 16.7. The number of carbonyl (C=O) groups excluding carboxylic acids is 1. The monoisotopic (exact) mass is 281 g/mol. The van der Waals surface area contributed by atoms with Gasteiger partial charge in [0, 0.05) is 12.6 Å². The van der Waals surface area contributed by atoms with Crippen molar-refractivity contribution in [3.8, 4) is 0 Å². The van der Waals surface area contributed by atoms with Crippen LogP contribution in [0.5, 0.6) is 0 Å². The lowest BCUT2D eigenvalue weighted by Crippen LogP contribution is -2.36. The number of rotatable bonds is 8. The largest absolute Gasteiger partial charge is 0.467 e. The van der Waals surface area contributed by atoms with Crippen molar-refractivity contribution >= 4 is 5.91 Å². The number of furan rings is 1. The predicted octanol–water partition coefficient (Wildman–Crippen LogP) is 2.53. The van der Waals surface area contributed by atoms with Crippen LogP contribution in [0.2, 0.25) is 0 Å². The number of hydrogen-bond donors (Lipinski definition) is 2. The molecular formula is C15H27N3O2. The lowest BCUT2D eigenvalue weighted by Gasteiger charge is -2.31. The quantitative estimate of drug-likeness (QED) is 0.436. The number of hydrogen-bond acceptors (Lipinski definition) is 4. The summed E-state index contributed by atoms with van der Waals surface area (Å²) >= 11 is 0. The minimum Gasteiger partial charge on any atom is -0.467 e. The zero-order chi connectivity index (χ0) is 15.1. The highest BCUT2D eigenvalue weighted by Crippen LogP contribution is 2.17. The second-order valence-corrected chi connectivity index (χ2v) is 5.57. The number of nitrogens with zero attached hydrogens (tertiary/aromatic N) is 1. The Hall–Kier alpha value is -1.33. The average Bonchev–Trinajstić information content (AvgIpc) is 2.87. The Labute approximate surface area is 121 Å². The molecule has 0 atom stereocenters. The summed E-state index contributed by atoms with van der Waals surface area (Å²) in [7, 11) is 0. The number of nitrogen functional groups attached to an aromatic ring is 1. The number of hydrazine groups is 1. The molecule has 0 aliphatic rings. The third-order valence-corrected chi connectivity index (χ3v) is 3.46. The van der Waals surface area contributed by atoms with Crippen LogP contribution in [0, 0.1) is 5.92 Å². The van der Waals surface area contributed by atoms with Gasteiger partial charge >= 0.3 is 0 Å². The summed E-state index contributed by atoms with van der Waals surface area (Å²) in [5.74, 6) is 6.20. The number of amides is 1. The highest BCUT2D eigenvalue weighted by Gasteiger charge is 2.19. The topological polar surface area (TPSA) is 71.5 Å². The molecule has 0 aromatic carbocycles. The molecule has 20 heavy (non-hydrogen) atoms. The van der Waals surface area contributed by atoms with E-state index in [9.17, 15) is 4.79 Å². The standard InChI is InChI=1S/C15H27N3O2/c1-5-13(6-2)18(8-11(3)4)9-14-7-12(10-20-14)15(19)17-16/h7,10-11,13H,5-6,8-9,16H2,1-4H3,(H,17,19). The van der Waals surface area contributed by atoms with Crippen molar-refractivity contribution in [2.24, 2.45) is 11.8 Å². The normalized spacial score (nSPS) is 11.6. The van der Waals surface area contributed by atoms with Crippen LogP contribution in [-0.4, -0.2) is 23.4 Å². The molecule has 0 radical (unpaired) electrons. The van der Waals surface area contributed by atoms with Gasteiger partial charge in [0.25, 0.3) is 5.91 Å². The van der Waals surface area contributed by atoms with E-state index >= 15 is 0 Å².